The smallest absolute Gasteiger partial charge is 0.419 e. The van der Waals surface area contributed by atoms with Crippen LogP contribution >= 0.6 is 11.5 Å². The first kappa shape index (κ1) is 24.0. The number of halogens is 4. The molecule has 0 unspecified atom stereocenters. The zero-order chi connectivity index (χ0) is 25.0. The average Bonchev–Trinajstić information content (AvgIpc) is 3.28. The van der Waals surface area contributed by atoms with Crippen molar-refractivity contribution in [1.82, 2.24) is 19.3 Å². The Hall–Kier alpha value is -4.13. The molecule has 2 heterocycles. The lowest BCUT2D eigenvalue weighted by Crippen LogP contribution is -2.11. The van der Waals surface area contributed by atoms with Crippen LogP contribution in [-0.4, -0.2) is 31.8 Å². The molecule has 0 fully saturated rings. The molecule has 2 aromatic carbocycles. The summed E-state index contributed by atoms with van der Waals surface area (Å²) in [6.45, 7) is 2.31. The molecule has 4 aromatic rings. The minimum absolute atomic E-state index is 0.0249. The van der Waals surface area contributed by atoms with Gasteiger partial charge < -0.3 is 10.1 Å². The van der Waals surface area contributed by atoms with Crippen LogP contribution in [0.3, 0.4) is 0 Å². The number of carbonyl (C=O) groups excluding carboxylic acids is 1. The highest BCUT2D eigenvalue weighted by atomic mass is 32.1. The third-order valence-corrected chi connectivity index (χ3v) is 5.16. The fourth-order valence-corrected chi connectivity index (χ4v) is 3.51. The van der Waals surface area contributed by atoms with Crippen LogP contribution in [0.2, 0.25) is 0 Å². The molecule has 0 aliphatic rings. The maximum Gasteiger partial charge on any atom is 0.419 e. The van der Waals surface area contributed by atoms with Gasteiger partial charge in [0.2, 0.25) is 11.0 Å². The fraction of sp³-hybridized carbons (Fsp3) is 0.136. The topological polar surface area (TPSA) is 102 Å². The molecule has 0 saturated carbocycles. The number of amides is 1. The summed E-state index contributed by atoms with van der Waals surface area (Å²) in [5.74, 6) is -1.01. The SMILES string of the molecule is CCOc1cc(Nc2ccc(C(=O)Nc3nc(-c4ccc(F)c(C(F)(F)F)c4)ns3)cc2)ncn1. The van der Waals surface area contributed by atoms with E-state index in [9.17, 15) is 22.4 Å². The fourth-order valence-electron chi connectivity index (χ4n) is 2.93. The van der Waals surface area contributed by atoms with E-state index in [1.165, 1.54) is 6.33 Å². The second-order valence-electron chi connectivity index (χ2n) is 6.95. The maximum absolute atomic E-state index is 13.5. The molecule has 0 atom stereocenters. The van der Waals surface area contributed by atoms with Crippen LogP contribution in [0.15, 0.2) is 54.9 Å². The molecule has 0 aliphatic heterocycles. The van der Waals surface area contributed by atoms with Crippen molar-refractivity contribution < 1.29 is 27.1 Å². The number of nitrogens with one attached hydrogen (secondary N) is 2. The predicted molar refractivity (Wildman–Crippen MR) is 121 cm³/mol. The van der Waals surface area contributed by atoms with Gasteiger partial charge in [0, 0.05) is 34.4 Å². The maximum atomic E-state index is 13.5. The van der Waals surface area contributed by atoms with Crippen molar-refractivity contribution in [3.8, 4) is 17.3 Å². The van der Waals surface area contributed by atoms with Gasteiger partial charge in [0.05, 0.1) is 12.2 Å². The van der Waals surface area contributed by atoms with E-state index in [-0.39, 0.29) is 16.5 Å². The van der Waals surface area contributed by atoms with E-state index >= 15 is 0 Å². The Kier molecular flexibility index (Phi) is 6.87. The number of carbonyl (C=O) groups is 1. The molecule has 35 heavy (non-hydrogen) atoms. The highest BCUT2D eigenvalue weighted by Crippen LogP contribution is 2.34. The lowest BCUT2D eigenvalue weighted by molar-refractivity contribution is -0.139. The van der Waals surface area contributed by atoms with E-state index in [1.807, 2.05) is 6.92 Å². The van der Waals surface area contributed by atoms with Crippen molar-refractivity contribution in [1.29, 1.82) is 0 Å². The Balaban J connectivity index is 1.42. The Bertz CT molecular complexity index is 1340. The lowest BCUT2D eigenvalue weighted by atomic mass is 10.1. The van der Waals surface area contributed by atoms with Crippen LogP contribution in [0.5, 0.6) is 5.88 Å². The van der Waals surface area contributed by atoms with Crippen molar-refractivity contribution >= 4 is 34.1 Å². The number of benzene rings is 2. The number of ether oxygens (including phenoxy) is 1. The van der Waals surface area contributed by atoms with E-state index in [2.05, 4.69) is 30.0 Å². The van der Waals surface area contributed by atoms with Crippen molar-refractivity contribution in [3.05, 3.63) is 71.8 Å². The highest BCUT2D eigenvalue weighted by Gasteiger charge is 2.34. The number of rotatable bonds is 7. The number of hydrogen-bond donors (Lipinski definition) is 2. The number of aromatic nitrogens is 4. The summed E-state index contributed by atoms with van der Waals surface area (Å²) in [5.41, 5.74) is -0.466. The first-order valence-corrected chi connectivity index (χ1v) is 10.8. The van der Waals surface area contributed by atoms with Crippen molar-refractivity contribution in [2.45, 2.75) is 13.1 Å². The summed E-state index contributed by atoms with van der Waals surface area (Å²) in [5, 5.41) is 5.69. The summed E-state index contributed by atoms with van der Waals surface area (Å²) in [7, 11) is 0. The number of hydrogen-bond acceptors (Lipinski definition) is 8. The molecule has 0 spiro atoms. The van der Waals surface area contributed by atoms with Crippen LogP contribution in [0.4, 0.5) is 34.2 Å². The van der Waals surface area contributed by atoms with E-state index in [0.29, 0.717) is 41.7 Å². The van der Waals surface area contributed by atoms with Crippen LogP contribution < -0.4 is 15.4 Å². The van der Waals surface area contributed by atoms with Crippen LogP contribution in [0, 0.1) is 5.82 Å². The van der Waals surface area contributed by atoms with Gasteiger partial charge in [-0.05, 0) is 49.4 Å². The van der Waals surface area contributed by atoms with Gasteiger partial charge in [0.25, 0.3) is 5.91 Å². The lowest BCUT2D eigenvalue weighted by Gasteiger charge is -2.08. The average molecular weight is 504 g/mol. The third-order valence-electron chi connectivity index (χ3n) is 4.53. The predicted octanol–water partition coefficient (Wildman–Crippen LogP) is 5.55. The normalized spacial score (nSPS) is 11.2. The molecule has 0 aliphatic carbocycles. The standard InChI is InChI=1S/C22H16F4N6O2S/c1-2-34-18-10-17(27-11-28-18)29-14-6-3-12(4-7-14)20(33)31-21-30-19(32-35-21)13-5-8-16(23)15(9-13)22(24,25)26/h3-11H,2H2,1H3,(H,27,28,29)(H,30,31,32,33). The minimum atomic E-state index is -4.85. The summed E-state index contributed by atoms with van der Waals surface area (Å²) in [6.07, 6.45) is -3.49. The van der Waals surface area contributed by atoms with Crippen molar-refractivity contribution in [3.63, 3.8) is 0 Å². The van der Waals surface area contributed by atoms with Gasteiger partial charge >= 0.3 is 6.18 Å². The molecule has 1 amide bonds. The zero-order valence-electron chi connectivity index (χ0n) is 17.9. The van der Waals surface area contributed by atoms with Gasteiger partial charge in [0.1, 0.15) is 18.0 Å². The quantitative estimate of drug-likeness (QED) is 0.318. The van der Waals surface area contributed by atoms with Crippen LogP contribution in [-0.2, 0) is 6.18 Å². The molecule has 4 rings (SSSR count). The summed E-state index contributed by atoms with van der Waals surface area (Å²) in [4.78, 5) is 24.7. The molecular weight excluding hydrogens is 488 g/mol. The van der Waals surface area contributed by atoms with Crippen LogP contribution in [0.1, 0.15) is 22.8 Å². The second-order valence-corrected chi connectivity index (χ2v) is 7.70. The highest BCUT2D eigenvalue weighted by molar-refractivity contribution is 7.10. The van der Waals surface area contributed by atoms with Gasteiger partial charge in [-0.15, -0.1) is 0 Å². The number of nitrogens with zero attached hydrogens (tertiary/aromatic N) is 4. The van der Waals surface area contributed by atoms with E-state index in [0.717, 1.165) is 17.6 Å². The molecule has 180 valence electrons. The Labute approximate surface area is 200 Å². The number of alkyl halides is 3. The molecule has 2 aromatic heterocycles. The number of anilines is 3. The Morgan fingerprint density at radius 3 is 2.57 bits per heavy atom. The first-order valence-electron chi connectivity index (χ1n) is 10.1. The Morgan fingerprint density at radius 1 is 1.09 bits per heavy atom. The van der Waals surface area contributed by atoms with Gasteiger partial charge in [-0.2, -0.15) is 22.5 Å². The van der Waals surface area contributed by atoms with Gasteiger partial charge in [-0.25, -0.2) is 14.4 Å². The third kappa shape index (κ3) is 5.87. The first-order chi connectivity index (χ1) is 16.7. The molecule has 0 bridgehead atoms. The second kappa shape index (κ2) is 10.0. The summed E-state index contributed by atoms with van der Waals surface area (Å²) >= 11 is 0.789. The Morgan fingerprint density at radius 2 is 1.86 bits per heavy atom. The van der Waals surface area contributed by atoms with Gasteiger partial charge in [-0.1, -0.05) is 0 Å². The van der Waals surface area contributed by atoms with E-state index in [4.69, 9.17) is 4.74 Å². The van der Waals surface area contributed by atoms with E-state index in [1.54, 1.807) is 30.3 Å². The monoisotopic (exact) mass is 504 g/mol. The molecule has 8 nitrogen and oxygen atoms in total. The minimum Gasteiger partial charge on any atom is -0.478 e. The summed E-state index contributed by atoms with van der Waals surface area (Å²) in [6, 6.07) is 10.6. The summed E-state index contributed by atoms with van der Waals surface area (Å²) < 4.78 is 61.7. The van der Waals surface area contributed by atoms with Crippen LogP contribution in [0.25, 0.3) is 11.4 Å². The van der Waals surface area contributed by atoms with Gasteiger partial charge in [0.15, 0.2) is 5.82 Å². The molecule has 2 N–H and O–H groups in total. The zero-order valence-corrected chi connectivity index (χ0v) is 18.7. The van der Waals surface area contributed by atoms with Gasteiger partial charge in [-0.3, -0.25) is 10.1 Å². The molecule has 0 radical (unpaired) electrons. The molecular formula is C22H16F4N6O2S. The molecule has 13 heteroatoms. The largest absolute Gasteiger partial charge is 0.478 e. The molecule has 0 saturated heterocycles. The van der Waals surface area contributed by atoms with Crippen molar-refractivity contribution in [2.24, 2.45) is 0 Å². The van der Waals surface area contributed by atoms with Crippen molar-refractivity contribution in [2.75, 3.05) is 17.2 Å². The van der Waals surface area contributed by atoms with E-state index < -0.39 is 23.5 Å².